The molecule has 1 rings (SSSR count). The maximum Gasteiger partial charge on any atom is 0.245 e. The summed E-state index contributed by atoms with van der Waals surface area (Å²) in [4.78, 5) is 14.0. The SMILES string of the molecule is CO/C(N)=C/N[C@H](C(=O)N1CC[C@@H](O)C1)C(C)C. The number of aliphatic hydroxyl groups is 1. The van der Waals surface area contributed by atoms with E-state index in [9.17, 15) is 9.90 Å². The topological polar surface area (TPSA) is 87.8 Å². The second-order valence-corrected chi connectivity index (χ2v) is 4.87. The molecule has 6 nitrogen and oxygen atoms in total. The lowest BCUT2D eigenvalue weighted by atomic mass is 10.0. The van der Waals surface area contributed by atoms with Crippen LogP contribution < -0.4 is 11.1 Å². The summed E-state index contributed by atoms with van der Waals surface area (Å²) in [6.45, 7) is 4.93. The van der Waals surface area contributed by atoms with E-state index in [1.165, 1.54) is 13.3 Å². The van der Waals surface area contributed by atoms with Crippen LogP contribution in [0.2, 0.25) is 0 Å². The lowest BCUT2D eigenvalue weighted by molar-refractivity contribution is -0.133. The number of nitrogens with two attached hydrogens (primary N) is 1. The van der Waals surface area contributed by atoms with Gasteiger partial charge in [0.05, 0.1) is 19.4 Å². The van der Waals surface area contributed by atoms with Crippen molar-refractivity contribution in [1.82, 2.24) is 10.2 Å². The average Bonchev–Trinajstić information content (AvgIpc) is 2.75. The Kier molecular flexibility index (Phi) is 5.27. The van der Waals surface area contributed by atoms with Crippen molar-refractivity contribution in [2.24, 2.45) is 11.7 Å². The molecule has 0 radical (unpaired) electrons. The van der Waals surface area contributed by atoms with E-state index < -0.39 is 6.10 Å². The molecular formula is C12H23N3O3. The predicted octanol–water partition coefficient (Wildman–Crippen LogP) is -0.402. The van der Waals surface area contributed by atoms with Crippen molar-refractivity contribution in [1.29, 1.82) is 0 Å². The number of carbonyl (C=O) groups excluding carboxylic acids is 1. The number of hydrogen-bond donors (Lipinski definition) is 3. The number of amides is 1. The van der Waals surface area contributed by atoms with E-state index in [-0.39, 0.29) is 23.8 Å². The van der Waals surface area contributed by atoms with Crippen molar-refractivity contribution < 1.29 is 14.6 Å². The van der Waals surface area contributed by atoms with Gasteiger partial charge in [0.25, 0.3) is 0 Å². The highest BCUT2D eigenvalue weighted by Crippen LogP contribution is 2.13. The first-order valence-electron chi connectivity index (χ1n) is 6.18. The van der Waals surface area contributed by atoms with Gasteiger partial charge in [0.1, 0.15) is 6.04 Å². The standard InChI is InChI=1S/C12H23N3O3/c1-8(2)11(14-6-10(13)18-3)12(17)15-5-4-9(16)7-15/h6,8-9,11,14,16H,4-5,7,13H2,1-3H3/b10-6+/t9-,11+/m1/s1. The minimum Gasteiger partial charge on any atom is -0.482 e. The summed E-state index contributed by atoms with van der Waals surface area (Å²) in [5.41, 5.74) is 5.51. The minimum absolute atomic E-state index is 0.0123. The van der Waals surface area contributed by atoms with Gasteiger partial charge in [0.2, 0.25) is 5.91 Å². The van der Waals surface area contributed by atoms with Gasteiger partial charge in [-0.05, 0) is 12.3 Å². The van der Waals surface area contributed by atoms with E-state index in [0.717, 1.165) is 0 Å². The first-order chi connectivity index (χ1) is 8.45. The Morgan fingerprint density at radius 2 is 2.28 bits per heavy atom. The normalized spacial score (nSPS) is 22.2. The molecule has 1 aliphatic heterocycles. The number of rotatable bonds is 5. The Hall–Kier alpha value is -1.43. The van der Waals surface area contributed by atoms with Crippen molar-refractivity contribution in [2.75, 3.05) is 20.2 Å². The van der Waals surface area contributed by atoms with E-state index in [1.54, 1.807) is 4.90 Å². The zero-order valence-electron chi connectivity index (χ0n) is 11.2. The molecule has 0 saturated carbocycles. The molecule has 1 saturated heterocycles. The predicted molar refractivity (Wildman–Crippen MR) is 68.2 cm³/mol. The molecular weight excluding hydrogens is 234 g/mol. The molecule has 0 aromatic rings. The molecule has 0 spiro atoms. The van der Waals surface area contributed by atoms with Crippen LogP contribution in [0.3, 0.4) is 0 Å². The molecule has 1 aliphatic rings. The molecule has 6 heteroatoms. The Morgan fingerprint density at radius 3 is 2.72 bits per heavy atom. The first kappa shape index (κ1) is 14.6. The van der Waals surface area contributed by atoms with Crippen molar-refractivity contribution in [3.05, 3.63) is 12.1 Å². The summed E-state index contributed by atoms with van der Waals surface area (Å²) < 4.78 is 4.81. The second-order valence-electron chi connectivity index (χ2n) is 4.87. The van der Waals surface area contributed by atoms with Crippen LogP contribution in [0.5, 0.6) is 0 Å². The highest BCUT2D eigenvalue weighted by Gasteiger charge is 2.31. The zero-order chi connectivity index (χ0) is 13.7. The monoisotopic (exact) mass is 257 g/mol. The van der Waals surface area contributed by atoms with Crippen LogP contribution in [0, 0.1) is 5.92 Å². The Labute approximate surface area is 108 Å². The molecule has 104 valence electrons. The van der Waals surface area contributed by atoms with Gasteiger partial charge in [0, 0.05) is 13.1 Å². The van der Waals surface area contributed by atoms with Crippen LogP contribution in [0.1, 0.15) is 20.3 Å². The van der Waals surface area contributed by atoms with Crippen LogP contribution in [0.15, 0.2) is 12.1 Å². The molecule has 18 heavy (non-hydrogen) atoms. The van der Waals surface area contributed by atoms with Crippen molar-refractivity contribution in [3.8, 4) is 0 Å². The van der Waals surface area contributed by atoms with Gasteiger partial charge in [-0.2, -0.15) is 0 Å². The van der Waals surface area contributed by atoms with Gasteiger partial charge < -0.3 is 25.8 Å². The van der Waals surface area contributed by atoms with Crippen LogP contribution in [0.4, 0.5) is 0 Å². The fraction of sp³-hybridized carbons (Fsp3) is 0.750. The van der Waals surface area contributed by atoms with Crippen molar-refractivity contribution in [2.45, 2.75) is 32.4 Å². The third kappa shape index (κ3) is 3.80. The van der Waals surface area contributed by atoms with Gasteiger partial charge >= 0.3 is 0 Å². The number of nitrogens with zero attached hydrogens (tertiary/aromatic N) is 1. The van der Waals surface area contributed by atoms with Gasteiger partial charge in [-0.15, -0.1) is 0 Å². The molecule has 0 unspecified atom stereocenters. The van der Waals surface area contributed by atoms with Gasteiger partial charge in [-0.1, -0.05) is 13.8 Å². The van der Waals surface area contributed by atoms with Gasteiger partial charge in [-0.25, -0.2) is 0 Å². The lowest BCUT2D eigenvalue weighted by Gasteiger charge is -2.26. The number of carbonyl (C=O) groups is 1. The molecule has 0 aliphatic carbocycles. The maximum absolute atomic E-state index is 12.3. The molecule has 0 bridgehead atoms. The number of methoxy groups -OCH3 is 1. The second kappa shape index (κ2) is 6.49. The molecule has 1 fully saturated rings. The lowest BCUT2D eigenvalue weighted by Crippen LogP contribution is -2.47. The molecule has 1 amide bonds. The number of aliphatic hydroxyl groups excluding tert-OH is 1. The number of hydrogen-bond acceptors (Lipinski definition) is 5. The summed E-state index contributed by atoms with van der Waals surface area (Å²) in [5.74, 6) is 0.341. The Bertz CT molecular complexity index is 318. The average molecular weight is 257 g/mol. The van der Waals surface area contributed by atoms with E-state index in [4.69, 9.17) is 10.5 Å². The summed E-state index contributed by atoms with van der Waals surface area (Å²) in [5, 5.41) is 12.4. The van der Waals surface area contributed by atoms with E-state index >= 15 is 0 Å². The first-order valence-corrected chi connectivity index (χ1v) is 6.18. The van der Waals surface area contributed by atoms with E-state index in [0.29, 0.717) is 19.5 Å². The smallest absolute Gasteiger partial charge is 0.245 e. The van der Waals surface area contributed by atoms with Crippen LogP contribution in [-0.4, -0.2) is 48.3 Å². The fourth-order valence-electron chi connectivity index (χ4n) is 1.92. The third-order valence-corrected chi connectivity index (χ3v) is 3.05. The molecule has 0 aromatic carbocycles. The quantitative estimate of drug-likeness (QED) is 0.583. The van der Waals surface area contributed by atoms with Crippen LogP contribution in [0.25, 0.3) is 0 Å². The highest BCUT2D eigenvalue weighted by molar-refractivity contribution is 5.82. The minimum atomic E-state index is -0.402. The maximum atomic E-state index is 12.3. The Balaban J connectivity index is 2.64. The van der Waals surface area contributed by atoms with Crippen LogP contribution in [-0.2, 0) is 9.53 Å². The fourth-order valence-corrected chi connectivity index (χ4v) is 1.92. The number of β-amino-alcohol motifs (C(OH)–C–C–N with tert-alkyl or cyclic N) is 1. The highest BCUT2D eigenvalue weighted by atomic mass is 16.5. The van der Waals surface area contributed by atoms with Crippen LogP contribution >= 0.6 is 0 Å². The molecule has 2 atom stereocenters. The van der Waals surface area contributed by atoms with E-state index in [2.05, 4.69) is 5.32 Å². The van der Waals surface area contributed by atoms with Crippen molar-refractivity contribution >= 4 is 5.91 Å². The summed E-state index contributed by atoms with van der Waals surface area (Å²) in [7, 11) is 1.47. The summed E-state index contributed by atoms with van der Waals surface area (Å²) in [6, 6.07) is -0.357. The molecule has 4 N–H and O–H groups in total. The number of nitrogens with one attached hydrogen (secondary N) is 1. The van der Waals surface area contributed by atoms with Gasteiger partial charge in [-0.3, -0.25) is 4.79 Å². The zero-order valence-corrected chi connectivity index (χ0v) is 11.2. The van der Waals surface area contributed by atoms with Crippen molar-refractivity contribution in [3.63, 3.8) is 0 Å². The third-order valence-electron chi connectivity index (χ3n) is 3.05. The van der Waals surface area contributed by atoms with E-state index in [1.807, 2.05) is 13.8 Å². The molecule has 0 aromatic heterocycles. The molecule has 1 heterocycles. The summed E-state index contributed by atoms with van der Waals surface area (Å²) in [6.07, 6.45) is 1.74. The number of ether oxygens (including phenoxy) is 1. The largest absolute Gasteiger partial charge is 0.482 e. The number of likely N-dealkylation sites (tertiary alicyclic amines) is 1. The van der Waals surface area contributed by atoms with Gasteiger partial charge in [0.15, 0.2) is 5.88 Å². The summed E-state index contributed by atoms with van der Waals surface area (Å²) >= 11 is 0. The Morgan fingerprint density at radius 1 is 1.61 bits per heavy atom.